The van der Waals surface area contributed by atoms with Gasteiger partial charge in [-0.15, -0.1) is 0 Å². The van der Waals surface area contributed by atoms with Gasteiger partial charge >= 0.3 is 0 Å². The number of halogens is 1. The highest BCUT2D eigenvalue weighted by molar-refractivity contribution is 5.96. The molecule has 0 saturated heterocycles. The summed E-state index contributed by atoms with van der Waals surface area (Å²) in [5.74, 6) is -1.82. The lowest BCUT2D eigenvalue weighted by atomic mass is 10.2. The van der Waals surface area contributed by atoms with E-state index in [0.717, 1.165) is 6.07 Å². The number of ether oxygens (including phenoxy) is 1. The largest absolute Gasteiger partial charge is 0.394 e. The van der Waals surface area contributed by atoms with E-state index in [2.05, 4.69) is 10.6 Å². The van der Waals surface area contributed by atoms with Crippen LogP contribution in [0.15, 0.2) is 24.3 Å². The molecule has 2 amide bonds. The maximum Gasteiger partial charge on any atom is 0.254 e. The Bertz CT molecular complexity index is 467. The first-order chi connectivity index (χ1) is 9.58. The molecular weight excluding hydrogens is 267 g/mol. The summed E-state index contributed by atoms with van der Waals surface area (Å²) in [6, 6.07) is 4.94. The molecule has 20 heavy (non-hydrogen) atoms. The predicted octanol–water partition coefficient (Wildman–Crippen LogP) is -0.321. The Hall–Kier alpha value is -1.99. The lowest BCUT2D eigenvalue weighted by Crippen LogP contribution is -2.45. The molecule has 0 aliphatic carbocycles. The van der Waals surface area contributed by atoms with Crippen LogP contribution in [0.2, 0.25) is 0 Å². The average molecular weight is 284 g/mol. The number of nitrogens with one attached hydrogen (secondary N) is 2. The SMILES string of the molecule is COCC(CO)NC(=O)CNC(=O)c1ccccc1F. The van der Waals surface area contributed by atoms with Gasteiger partial charge in [0.15, 0.2) is 0 Å². The van der Waals surface area contributed by atoms with Crippen molar-refractivity contribution in [2.45, 2.75) is 6.04 Å². The van der Waals surface area contributed by atoms with Crippen LogP contribution in [0.3, 0.4) is 0 Å². The second-order valence-electron chi connectivity index (χ2n) is 4.06. The Labute approximate surface area is 115 Å². The van der Waals surface area contributed by atoms with Crippen molar-refractivity contribution in [1.29, 1.82) is 0 Å². The summed E-state index contributed by atoms with van der Waals surface area (Å²) in [5, 5.41) is 13.7. The van der Waals surface area contributed by atoms with Crippen LogP contribution in [0.1, 0.15) is 10.4 Å². The summed E-state index contributed by atoms with van der Waals surface area (Å²) < 4.78 is 18.1. The van der Waals surface area contributed by atoms with Gasteiger partial charge in [0.2, 0.25) is 5.91 Å². The van der Waals surface area contributed by atoms with Gasteiger partial charge in [-0.1, -0.05) is 12.1 Å². The number of amides is 2. The molecule has 0 radical (unpaired) electrons. The Morgan fingerprint density at radius 3 is 2.70 bits per heavy atom. The molecule has 1 unspecified atom stereocenters. The lowest BCUT2D eigenvalue weighted by Gasteiger charge is -2.15. The van der Waals surface area contributed by atoms with Crippen molar-refractivity contribution in [1.82, 2.24) is 10.6 Å². The van der Waals surface area contributed by atoms with Gasteiger partial charge in [0.1, 0.15) is 5.82 Å². The number of rotatable bonds is 7. The third-order valence-electron chi connectivity index (χ3n) is 2.48. The van der Waals surface area contributed by atoms with Crippen LogP contribution in [0.4, 0.5) is 4.39 Å². The Kier molecular flexibility index (Phi) is 6.61. The molecule has 110 valence electrons. The molecule has 1 aromatic carbocycles. The first-order valence-corrected chi connectivity index (χ1v) is 6.00. The monoisotopic (exact) mass is 284 g/mol. The summed E-state index contributed by atoms with van der Waals surface area (Å²) in [7, 11) is 1.44. The summed E-state index contributed by atoms with van der Waals surface area (Å²) in [5.41, 5.74) is -0.129. The zero-order valence-electron chi connectivity index (χ0n) is 11.1. The van der Waals surface area contributed by atoms with E-state index in [-0.39, 0.29) is 25.3 Å². The zero-order valence-corrected chi connectivity index (χ0v) is 11.1. The third kappa shape index (κ3) is 4.94. The van der Waals surface area contributed by atoms with Crippen molar-refractivity contribution in [3.8, 4) is 0 Å². The highest BCUT2D eigenvalue weighted by Crippen LogP contribution is 2.05. The topological polar surface area (TPSA) is 87.7 Å². The highest BCUT2D eigenvalue weighted by Gasteiger charge is 2.14. The minimum absolute atomic E-state index is 0.129. The Balaban J connectivity index is 2.45. The minimum atomic E-state index is -0.675. The molecule has 1 aromatic rings. The van der Waals surface area contributed by atoms with E-state index >= 15 is 0 Å². The summed E-state index contributed by atoms with van der Waals surface area (Å²) >= 11 is 0. The van der Waals surface area contributed by atoms with Gasteiger partial charge in [0.05, 0.1) is 31.4 Å². The van der Waals surface area contributed by atoms with Gasteiger partial charge in [-0.2, -0.15) is 0 Å². The predicted molar refractivity (Wildman–Crippen MR) is 69.6 cm³/mol. The quantitative estimate of drug-likeness (QED) is 0.640. The number of benzene rings is 1. The maximum atomic E-state index is 13.3. The number of hydrogen-bond acceptors (Lipinski definition) is 4. The fourth-order valence-corrected chi connectivity index (χ4v) is 1.52. The van der Waals surface area contributed by atoms with Gasteiger partial charge in [0.25, 0.3) is 5.91 Å². The normalized spacial score (nSPS) is 11.8. The van der Waals surface area contributed by atoms with Crippen molar-refractivity contribution in [3.05, 3.63) is 35.6 Å². The van der Waals surface area contributed by atoms with Crippen molar-refractivity contribution < 1.29 is 23.8 Å². The lowest BCUT2D eigenvalue weighted by molar-refractivity contribution is -0.121. The number of carbonyl (C=O) groups excluding carboxylic acids is 2. The van der Waals surface area contributed by atoms with Crippen molar-refractivity contribution in [2.75, 3.05) is 26.9 Å². The smallest absolute Gasteiger partial charge is 0.254 e. The van der Waals surface area contributed by atoms with E-state index in [0.29, 0.717) is 0 Å². The van der Waals surface area contributed by atoms with Crippen molar-refractivity contribution >= 4 is 11.8 Å². The number of aliphatic hydroxyl groups excluding tert-OH is 1. The first-order valence-electron chi connectivity index (χ1n) is 6.00. The maximum absolute atomic E-state index is 13.3. The van der Waals surface area contributed by atoms with Crippen LogP contribution < -0.4 is 10.6 Å². The number of carbonyl (C=O) groups is 2. The van der Waals surface area contributed by atoms with Crippen LogP contribution in [-0.4, -0.2) is 49.8 Å². The van der Waals surface area contributed by atoms with Gasteiger partial charge < -0.3 is 20.5 Å². The Morgan fingerprint density at radius 1 is 1.40 bits per heavy atom. The fourth-order valence-electron chi connectivity index (χ4n) is 1.52. The second kappa shape index (κ2) is 8.23. The summed E-state index contributed by atoms with van der Waals surface area (Å²) in [6.07, 6.45) is 0. The molecule has 3 N–H and O–H groups in total. The molecule has 0 fully saturated rings. The van der Waals surface area contributed by atoms with Gasteiger partial charge in [-0.25, -0.2) is 4.39 Å². The average Bonchev–Trinajstić information content (AvgIpc) is 2.44. The molecular formula is C13H17FN2O4. The van der Waals surface area contributed by atoms with E-state index in [4.69, 9.17) is 9.84 Å². The highest BCUT2D eigenvalue weighted by atomic mass is 19.1. The molecule has 0 bridgehead atoms. The van der Waals surface area contributed by atoms with Gasteiger partial charge in [-0.05, 0) is 12.1 Å². The minimum Gasteiger partial charge on any atom is -0.394 e. The van der Waals surface area contributed by atoms with E-state index in [1.54, 1.807) is 0 Å². The number of methoxy groups -OCH3 is 1. The van der Waals surface area contributed by atoms with Crippen molar-refractivity contribution in [2.24, 2.45) is 0 Å². The van der Waals surface area contributed by atoms with E-state index in [1.165, 1.54) is 25.3 Å². The first kappa shape index (κ1) is 16.1. The van der Waals surface area contributed by atoms with E-state index in [1.807, 2.05) is 0 Å². The summed E-state index contributed by atoms with van der Waals surface area (Å²) in [4.78, 5) is 23.2. The molecule has 0 spiro atoms. The molecule has 7 heteroatoms. The van der Waals surface area contributed by atoms with Crippen LogP contribution in [-0.2, 0) is 9.53 Å². The Morgan fingerprint density at radius 2 is 2.10 bits per heavy atom. The van der Waals surface area contributed by atoms with Gasteiger partial charge in [0, 0.05) is 7.11 Å². The standard InChI is InChI=1S/C13H17FN2O4/c1-20-8-9(7-17)16-12(18)6-15-13(19)10-4-2-3-5-11(10)14/h2-5,9,17H,6-8H2,1H3,(H,15,19)(H,16,18). The van der Waals surface area contributed by atoms with Crippen LogP contribution in [0.5, 0.6) is 0 Å². The zero-order chi connectivity index (χ0) is 15.0. The molecule has 1 atom stereocenters. The van der Waals surface area contributed by atoms with E-state index in [9.17, 15) is 14.0 Å². The molecule has 0 aliphatic heterocycles. The molecule has 6 nitrogen and oxygen atoms in total. The molecule has 0 aliphatic rings. The summed E-state index contributed by atoms with van der Waals surface area (Å²) in [6.45, 7) is -0.433. The van der Waals surface area contributed by atoms with Crippen molar-refractivity contribution in [3.63, 3.8) is 0 Å². The number of hydrogen-bond donors (Lipinski definition) is 3. The van der Waals surface area contributed by atoms with Crippen LogP contribution in [0, 0.1) is 5.82 Å². The molecule has 1 rings (SSSR count). The molecule has 0 saturated carbocycles. The molecule has 0 heterocycles. The fraction of sp³-hybridized carbons (Fsp3) is 0.385. The number of aliphatic hydroxyl groups is 1. The third-order valence-corrected chi connectivity index (χ3v) is 2.48. The van der Waals surface area contributed by atoms with Gasteiger partial charge in [-0.3, -0.25) is 9.59 Å². The van der Waals surface area contributed by atoms with Crippen LogP contribution >= 0.6 is 0 Å². The van der Waals surface area contributed by atoms with E-state index < -0.39 is 23.7 Å². The van der Waals surface area contributed by atoms with Crippen LogP contribution in [0.25, 0.3) is 0 Å². The molecule has 0 aromatic heterocycles. The second-order valence-corrected chi connectivity index (χ2v) is 4.06.